The Morgan fingerprint density at radius 2 is 2.28 bits per heavy atom. The van der Waals surface area contributed by atoms with Crippen molar-refractivity contribution in [2.24, 2.45) is 0 Å². The molecule has 0 spiro atoms. The molecule has 2 aliphatic rings. The zero-order valence-corrected chi connectivity index (χ0v) is 10.6. The van der Waals surface area contributed by atoms with E-state index in [2.05, 4.69) is 9.71 Å². The first kappa shape index (κ1) is 11.9. The second-order valence-corrected chi connectivity index (χ2v) is 6.41. The van der Waals surface area contributed by atoms with Gasteiger partial charge in [0.15, 0.2) is 0 Å². The SMILES string of the molecule is O=S1(=O)NC[C@H]2CCCCN2c2ncc(F)cc21. The quantitative estimate of drug-likeness (QED) is 0.760. The molecular weight excluding hydrogens is 257 g/mol. The fourth-order valence-corrected chi connectivity index (χ4v) is 3.85. The van der Waals surface area contributed by atoms with Gasteiger partial charge >= 0.3 is 0 Å². The predicted molar refractivity (Wildman–Crippen MR) is 64.4 cm³/mol. The molecule has 0 aromatic carbocycles. The molecule has 1 saturated heterocycles. The Hall–Kier alpha value is -1.21. The fraction of sp³-hybridized carbons (Fsp3) is 0.545. The lowest BCUT2D eigenvalue weighted by Crippen LogP contribution is -2.44. The second kappa shape index (κ2) is 4.17. The van der Waals surface area contributed by atoms with Crippen molar-refractivity contribution in [2.45, 2.75) is 30.2 Å². The number of sulfonamides is 1. The maximum Gasteiger partial charge on any atom is 0.244 e. The lowest BCUT2D eigenvalue weighted by atomic mass is 10.0. The number of hydrogen-bond acceptors (Lipinski definition) is 4. The van der Waals surface area contributed by atoms with Crippen molar-refractivity contribution < 1.29 is 12.8 Å². The minimum atomic E-state index is -3.65. The van der Waals surface area contributed by atoms with Gasteiger partial charge in [-0.05, 0) is 25.3 Å². The molecule has 0 unspecified atom stereocenters. The van der Waals surface area contributed by atoms with Gasteiger partial charge in [0.1, 0.15) is 16.5 Å². The van der Waals surface area contributed by atoms with Crippen LogP contribution in [0.2, 0.25) is 0 Å². The summed E-state index contributed by atoms with van der Waals surface area (Å²) < 4.78 is 39.8. The van der Waals surface area contributed by atoms with Crippen LogP contribution >= 0.6 is 0 Å². The summed E-state index contributed by atoms with van der Waals surface area (Å²) in [7, 11) is -3.65. The molecule has 2 aliphatic heterocycles. The van der Waals surface area contributed by atoms with E-state index in [-0.39, 0.29) is 10.9 Å². The zero-order valence-electron chi connectivity index (χ0n) is 9.76. The van der Waals surface area contributed by atoms with Gasteiger partial charge in [-0.1, -0.05) is 0 Å². The minimum Gasteiger partial charge on any atom is -0.351 e. The van der Waals surface area contributed by atoms with Crippen LogP contribution in [0.5, 0.6) is 0 Å². The van der Waals surface area contributed by atoms with Crippen molar-refractivity contribution >= 4 is 15.8 Å². The first-order valence-corrected chi connectivity index (χ1v) is 7.48. The molecular formula is C11H14FN3O2S. The van der Waals surface area contributed by atoms with E-state index in [4.69, 9.17) is 0 Å². The number of hydrogen-bond donors (Lipinski definition) is 1. The van der Waals surface area contributed by atoms with E-state index in [9.17, 15) is 12.8 Å². The number of fused-ring (bicyclic) bond motifs is 3. The van der Waals surface area contributed by atoms with E-state index in [0.717, 1.165) is 38.1 Å². The lowest BCUT2D eigenvalue weighted by Gasteiger charge is -2.35. The Balaban J connectivity index is 2.17. The normalized spacial score (nSPS) is 26.1. The third-order valence-electron chi connectivity index (χ3n) is 3.50. The lowest BCUT2D eigenvalue weighted by molar-refractivity contribution is 0.453. The third kappa shape index (κ3) is 1.87. The monoisotopic (exact) mass is 271 g/mol. The summed E-state index contributed by atoms with van der Waals surface area (Å²) in [4.78, 5) is 5.92. The van der Waals surface area contributed by atoms with Crippen LogP contribution in [-0.4, -0.2) is 32.5 Å². The van der Waals surface area contributed by atoms with Crippen molar-refractivity contribution in [3.05, 3.63) is 18.1 Å². The summed E-state index contributed by atoms with van der Waals surface area (Å²) >= 11 is 0. The molecule has 7 heteroatoms. The molecule has 0 saturated carbocycles. The highest BCUT2D eigenvalue weighted by Crippen LogP contribution is 2.31. The van der Waals surface area contributed by atoms with Gasteiger partial charge in [0.2, 0.25) is 10.0 Å². The molecule has 1 aromatic rings. The molecule has 0 amide bonds. The van der Waals surface area contributed by atoms with Gasteiger partial charge in [-0.25, -0.2) is 22.5 Å². The number of pyridine rings is 1. The van der Waals surface area contributed by atoms with E-state index in [1.54, 1.807) is 0 Å². The highest BCUT2D eigenvalue weighted by Gasteiger charge is 2.34. The molecule has 1 atom stereocenters. The van der Waals surface area contributed by atoms with Gasteiger partial charge in [-0.3, -0.25) is 0 Å². The molecule has 3 rings (SSSR count). The Morgan fingerprint density at radius 1 is 1.44 bits per heavy atom. The summed E-state index contributed by atoms with van der Waals surface area (Å²) in [5.41, 5.74) is 0. The smallest absolute Gasteiger partial charge is 0.244 e. The third-order valence-corrected chi connectivity index (χ3v) is 4.92. The zero-order chi connectivity index (χ0) is 12.8. The highest BCUT2D eigenvalue weighted by atomic mass is 32.2. The summed E-state index contributed by atoms with van der Waals surface area (Å²) in [5.74, 6) is -0.249. The van der Waals surface area contributed by atoms with E-state index >= 15 is 0 Å². The summed E-state index contributed by atoms with van der Waals surface area (Å²) in [6.07, 6.45) is 4.10. The van der Waals surface area contributed by atoms with E-state index in [1.165, 1.54) is 0 Å². The van der Waals surface area contributed by atoms with Gasteiger partial charge in [0.05, 0.1) is 6.20 Å². The second-order valence-electron chi connectivity index (χ2n) is 4.67. The van der Waals surface area contributed by atoms with Crippen molar-refractivity contribution in [3.63, 3.8) is 0 Å². The summed E-state index contributed by atoms with van der Waals surface area (Å²) in [6.45, 7) is 1.13. The van der Waals surface area contributed by atoms with Crippen molar-refractivity contribution in [1.82, 2.24) is 9.71 Å². The number of anilines is 1. The van der Waals surface area contributed by atoms with Crippen LogP contribution in [0.25, 0.3) is 0 Å². The van der Waals surface area contributed by atoms with Crippen molar-refractivity contribution in [3.8, 4) is 0 Å². The van der Waals surface area contributed by atoms with Crippen LogP contribution in [-0.2, 0) is 10.0 Å². The Labute approximate surface area is 105 Å². The molecule has 3 heterocycles. The number of nitrogens with zero attached hydrogens (tertiary/aromatic N) is 2. The Kier molecular flexibility index (Phi) is 2.74. The molecule has 0 bridgehead atoms. The van der Waals surface area contributed by atoms with E-state index in [0.29, 0.717) is 12.4 Å². The number of piperidine rings is 1. The standard InChI is InChI=1S/C11H14FN3O2S/c12-8-5-10-11(13-6-8)15-4-2-1-3-9(15)7-14-18(10,16)17/h5-6,9,14H,1-4,7H2/t9-/m1/s1. The average molecular weight is 271 g/mol. The first-order valence-electron chi connectivity index (χ1n) is 6.00. The molecule has 5 nitrogen and oxygen atoms in total. The minimum absolute atomic E-state index is 0.0492. The van der Waals surface area contributed by atoms with Gasteiger partial charge in [-0.15, -0.1) is 0 Å². The molecule has 98 valence electrons. The predicted octanol–water partition coefficient (Wildman–Crippen LogP) is 0.871. The number of halogens is 1. The summed E-state index contributed by atoms with van der Waals surface area (Å²) in [6, 6.07) is 1.16. The van der Waals surface area contributed by atoms with Gasteiger partial charge in [0, 0.05) is 19.1 Å². The Morgan fingerprint density at radius 3 is 3.11 bits per heavy atom. The van der Waals surface area contributed by atoms with E-state index in [1.807, 2.05) is 4.90 Å². The number of aromatic nitrogens is 1. The van der Waals surface area contributed by atoms with Crippen molar-refractivity contribution in [2.75, 3.05) is 18.0 Å². The molecule has 18 heavy (non-hydrogen) atoms. The highest BCUT2D eigenvalue weighted by molar-refractivity contribution is 7.89. The van der Waals surface area contributed by atoms with Crippen LogP contribution in [0.1, 0.15) is 19.3 Å². The van der Waals surface area contributed by atoms with Crippen LogP contribution in [0.15, 0.2) is 17.2 Å². The maximum absolute atomic E-state index is 13.2. The van der Waals surface area contributed by atoms with Crippen LogP contribution in [0.3, 0.4) is 0 Å². The van der Waals surface area contributed by atoms with Crippen LogP contribution in [0, 0.1) is 5.82 Å². The first-order chi connectivity index (χ1) is 8.58. The molecule has 1 N–H and O–H groups in total. The number of nitrogens with one attached hydrogen (secondary N) is 1. The number of rotatable bonds is 0. The van der Waals surface area contributed by atoms with Gasteiger partial charge in [0.25, 0.3) is 0 Å². The Bertz CT molecular complexity index is 576. The fourth-order valence-electron chi connectivity index (χ4n) is 2.60. The van der Waals surface area contributed by atoms with Crippen molar-refractivity contribution in [1.29, 1.82) is 0 Å². The topological polar surface area (TPSA) is 62.3 Å². The van der Waals surface area contributed by atoms with E-state index < -0.39 is 15.8 Å². The summed E-state index contributed by atoms with van der Waals surface area (Å²) in [5, 5.41) is 0. The average Bonchev–Trinajstić information content (AvgIpc) is 2.46. The molecule has 1 aromatic heterocycles. The van der Waals surface area contributed by atoms with Crippen LogP contribution < -0.4 is 9.62 Å². The van der Waals surface area contributed by atoms with Gasteiger partial charge < -0.3 is 4.90 Å². The van der Waals surface area contributed by atoms with Gasteiger partial charge in [-0.2, -0.15) is 0 Å². The maximum atomic E-state index is 13.2. The largest absolute Gasteiger partial charge is 0.351 e. The molecule has 0 aliphatic carbocycles. The molecule has 0 radical (unpaired) electrons. The van der Waals surface area contributed by atoms with Crippen LogP contribution in [0.4, 0.5) is 10.2 Å². The molecule has 1 fully saturated rings.